The molecule has 2 rings (SSSR count). The molecule has 2 nitrogen and oxygen atoms in total. The fraction of sp³-hybridized carbons (Fsp3) is 0.571. The van der Waals surface area contributed by atoms with Gasteiger partial charge in [0.05, 0.1) is 0 Å². The van der Waals surface area contributed by atoms with Crippen LogP contribution < -0.4 is 0 Å². The minimum Gasteiger partial charge on any atom is -0.305 e. The molecule has 1 aliphatic heterocycles. The van der Waals surface area contributed by atoms with Crippen molar-refractivity contribution in [2.75, 3.05) is 33.2 Å². The molecule has 1 aromatic carbocycles. The quantitative estimate of drug-likeness (QED) is 0.751. The van der Waals surface area contributed by atoms with Crippen LogP contribution in [0.5, 0.6) is 0 Å². The molecule has 1 aliphatic rings. The standard InChI is InChI=1S/C14H22N2/c1-15-9-5-6-10-16(12-11-15)13-14-7-3-2-4-8-14/h2-4,7-8H,5-6,9-13H2,1H3. The van der Waals surface area contributed by atoms with E-state index in [1.54, 1.807) is 0 Å². The third-order valence-electron chi connectivity index (χ3n) is 3.31. The second kappa shape index (κ2) is 6.02. The van der Waals surface area contributed by atoms with E-state index in [0.717, 1.165) is 6.54 Å². The van der Waals surface area contributed by atoms with Crippen molar-refractivity contribution >= 4 is 0 Å². The molecule has 0 aromatic heterocycles. The highest BCUT2D eigenvalue weighted by Gasteiger charge is 2.10. The van der Waals surface area contributed by atoms with Gasteiger partial charge in [-0.25, -0.2) is 0 Å². The lowest BCUT2D eigenvalue weighted by Crippen LogP contribution is -2.36. The molecule has 16 heavy (non-hydrogen) atoms. The summed E-state index contributed by atoms with van der Waals surface area (Å²) in [6.45, 7) is 6.02. The Morgan fingerprint density at radius 2 is 1.69 bits per heavy atom. The summed E-state index contributed by atoms with van der Waals surface area (Å²) in [5, 5.41) is 0. The molecule has 1 aromatic rings. The average Bonchev–Trinajstić information content (AvgIpc) is 2.30. The molecular weight excluding hydrogens is 196 g/mol. The van der Waals surface area contributed by atoms with E-state index >= 15 is 0 Å². The van der Waals surface area contributed by atoms with E-state index in [0.29, 0.717) is 0 Å². The van der Waals surface area contributed by atoms with Gasteiger partial charge >= 0.3 is 0 Å². The highest BCUT2D eigenvalue weighted by molar-refractivity contribution is 5.14. The van der Waals surface area contributed by atoms with Crippen molar-refractivity contribution in [3.8, 4) is 0 Å². The van der Waals surface area contributed by atoms with Crippen LogP contribution in [0.4, 0.5) is 0 Å². The predicted octanol–water partition coefficient (Wildman–Crippen LogP) is 2.21. The first-order valence-corrected chi connectivity index (χ1v) is 6.29. The van der Waals surface area contributed by atoms with Gasteiger partial charge in [0, 0.05) is 19.6 Å². The minimum atomic E-state index is 1.11. The smallest absolute Gasteiger partial charge is 0.0234 e. The summed E-state index contributed by atoms with van der Waals surface area (Å²) in [5.74, 6) is 0. The molecule has 0 unspecified atom stereocenters. The van der Waals surface area contributed by atoms with E-state index in [1.165, 1.54) is 44.6 Å². The van der Waals surface area contributed by atoms with Gasteiger partial charge in [-0.3, -0.25) is 4.90 Å². The molecule has 0 amide bonds. The van der Waals surface area contributed by atoms with Crippen molar-refractivity contribution in [2.45, 2.75) is 19.4 Å². The number of hydrogen-bond donors (Lipinski definition) is 0. The Morgan fingerprint density at radius 1 is 0.938 bits per heavy atom. The Morgan fingerprint density at radius 3 is 2.50 bits per heavy atom. The van der Waals surface area contributed by atoms with Gasteiger partial charge in [-0.1, -0.05) is 30.3 Å². The highest BCUT2D eigenvalue weighted by Crippen LogP contribution is 2.08. The Kier molecular flexibility index (Phi) is 4.37. The molecule has 2 heteroatoms. The number of rotatable bonds is 2. The number of benzene rings is 1. The Hall–Kier alpha value is -0.860. The molecule has 0 atom stereocenters. The molecule has 0 radical (unpaired) electrons. The molecule has 1 saturated heterocycles. The van der Waals surface area contributed by atoms with Crippen LogP contribution in [-0.2, 0) is 6.54 Å². The van der Waals surface area contributed by atoms with Crippen LogP contribution in [0.15, 0.2) is 30.3 Å². The van der Waals surface area contributed by atoms with E-state index < -0.39 is 0 Å². The second-order valence-corrected chi connectivity index (χ2v) is 4.77. The summed E-state index contributed by atoms with van der Waals surface area (Å²) in [6.07, 6.45) is 2.67. The SMILES string of the molecule is CN1CCCCN(Cc2ccccc2)CC1. The van der Waals surface area contributed by atoms with Gasteiger partial charge in [0.15, 0.2) is 0 Å². The monoisotopic (exact) mass is 218 g/mol. The second-order valence-electron chi connectivity index (χ2n) is 4.77. The van der Waals surface area contributed by atoms with Gasteiger partial charge in [0.2, 0.25) is 0 Å². The summed E-state index contributed by atoms with van der Waals surface area (Å²) in [7, 11) is 2.23. The maximum atomic E-state index is 2.57. The van der Waals surface area contributed by atoms with Gasteiger partial charge in [-0.05, 0) is 38.5 Å². The van der Waals surface area contributed by atoms with E-state index in [4.69, 9.17) is 0 Å². The van der Waals surface area contributed by atoms with Crippen molar-refractivity contribution in [2.24, 2.45) is 0 Å². The van der Waals surface area contributed by atoms with Gasteiger partial charge in [0.25, 0.3) is 0 Å². The van der Waals surface area contributed by atoms with Crippen molar-refractivity contribution < 1.29 is 0 Å². The highest BCUT2D eigenvalue weighted by atomic mass is 15.2. The van der Waals surface area contributed by atoms with E-state index in [2.05, 4.69) is 47.2 Å². The first-order valence-electron chi connectivity index (χ1n) is 6.29. The fourth-order valence-corrected chi connectivity index (χ4v) is 2.25. The van der Waals surface area contributed by atoms with E-state index in [1.807, 2.05) is 0 Å². The maximum absolute atomic E-state index is 2.57. The first kappa shape index (κ1) is 11.6. The summed E-state index contributed by atoms with van der Waals surface area (Å²) < 4.78 is 0. The number of likely N-dealkylation sites (N-methyl/N-ethyl adjacent to an activating group) is 1. The number of hydrogen-bond acceptors (Lipinski definition) is 2. The normalized spacial score (nSPS) is 20.3. The van der Waals surface area contributed by atoms with Gasteiger partial charge < -0.3 is 4.90 Å². The van der Waals surface area contributed by atoms with Crippen LogP contribution in [0.25, 0.3) is 0 Å². The Labute approximate surface area is 98.9 Å². The molecule has 0 bridgehead atoms. The van der Waals surface area contributed by atoms with Crippen molar-refractivity contribution in [3.05, 3.63) is 35.9 Å². The molecule has 0 saturated carbocycles. The van der Waals surface area contributed by atoms with Crippen LogP contribution in [0.3, 0.4) is 0 Å². The minimum absolute atomic E-state index is 1.11. The van der Waals surface area contributed by atoms with Crippen LogP contribution in [-0.4, -0.2) is 43.0 Å². The van der Waals surface area contributed by atoms with Gasteiger partial charge in [-0.15, -0.1) is 0 Å². The van der Waals surface area contributed by atoms with Gasteiger partial charge in [0.1, 0.15) is 0 Å². The summed E-state index contributed by atoms with van der Waals surface area (Å²) in [4.78, 5) is 5.02. The van der Waals surface area contributed by atoms with Crippen LogP contribution in [0, 0.1) is 0 Å². The van der Waals surface area contributed by atoms with Crippen LogP contribution in [0.2, 0.25) is 0 Å². The molecular formula is C14H22N2. The van der Waals surface area contributed by atoms with E-state index in [9.17, 15) is 0 Å². The topological polar surface area (TPSA) is 6.48 Å². The predicted molar refractivity (Wildman–Crippen MR) is 68.5 cm³/mol. The largest absolute Gasteiger partial charge is 0.305 e. The molecule has 88 valence electrons. The zero-order chi connectivity index (χ0) is 11.2. The lowest BCUT2D eigenvalue weighted by molar-refractivity contribution is 0.189. The lowest BCUT2D eigenvalue weighted by Gasteiger charge is -2.28. The zero-order valence-corrected chi connectivity index (χ0v) is 10.2. The molecule has 0 spiro atoms. The molecule has 0 N–H and O–H groups in total. The van der Waals surface area contributed by atoms with Crippen LogP contribution in [0.1, 0.15) is 18.4 Å². The third kappa shape index (κ3) is 3.62. The zero-order valence-electron chi connectivity index (χ0n) is 10.2. The van der Waals surface area contributed by atoms with Crippen molar-refractivity contribution in [3.63, 3.8) is 0 Å². The van der Waals surface area contributed by atoms with Crippen LogP contribution >= 0.6 is 0 Å². The molecule has 1 fully saturated rings. The van der Waals surface area contributed by atoms with Gasteiger partial charge in [-0.2, -0.15) is 0 Å². The van der Waals surface area contributed by atoms with Crippen molar-refractivity contribution in [1.29, 1.82) is 0 Å². The summed E-state index contributed by atoms with van der Waals surface area (Å²) >= 11 is 0. The van der Waals surface area contributed by atoms with E-state index in [-0.39, 0.29) is 0 Å². The molecule has 1 heterocycles. The maximum Gasteiger partial charge on any atom is 0.0234 e. The summed E-state index contributed by atoms with van der Waals surface area (Å²) in [5.41, 5.74) is 1.44. The Bertz CT molecular complexity index is 297. The van der Waals surface area contributed by atoms with Crippen molar-refractivity contribution in [1.82, 2.24) is 9.80 Å². The first-order chi connectivity index (χ1) is 7.84. The summed E-state index contributed by atoms with van der Waals surface area (Å²) in [6, 6.07) is 10.8. The fourth-order valence-electron chi connectivity index (χ4n) is 2.25. The third-order valence-corrected chi connectivity index (χ3v) is 3.31. The Balaban J connectivity index is 1.88. The number of nitrogens with zero attached hydrogens (tertiary/aromatic N) is 2. The average molecular weight is 218 g/mol. The molecule has 0 aliphatic carbocycles. The lowest BCUT2D eigenvalue weighted by atomic mass is 10.2.